The molecule has 94 valence electrons. The van der Waals surface area contributed by atoms with Gasteiger partial charge in [-0.15, -0.1) is 20.4 Å². The minimum absolute atomic E-state index is 0.162. The summed E-state index contributed by atoms with van der Waals surface area (Å²) >= 11 is 0. The Kier molecular flexibility index (Phi) is 2.85. The topological polar surface area (TPSA) is 71.8 Å². The van der Waals surface area contributed by atoms with Crippen LogP contribution in [-0.4, -0.2) is 25.5 Å². The lowest BCUT2D eigenvalue weighted by atomic mass is 10.1. The summed E-state index contributed by atoms with van der Waals surface area (Å²) in [7, 11) is 0. The molecule has 1 N–H and O–H groups in total. The van der Waals surface area contributed by atoms with E-state index < -0.39 is 11.7 Å². The van der Waals surface area contributed by atoms with E-state index in [1.165, 1.54) is 6.92 Å². The molecule has 1 heterocycles. The van der Waals surface area contributed by atoms with Gasteiger partial charge in [-0.3, -0.25) is 0 Å². The van der Waals surface area contributed by atoms with Crippen LogP contribution < -0.4 is 0 Å². The van der Waals surface area contributed by atoms with Crippen LogP contribution in [0, 0.1) is 6.92 Å². The lowest BCUT2D eigenvalue weighted by Crippen LogP contribution is -2.05. The maximum Gasteiger partial charge on any atom is 0.416 e. The van der Waals surface area contributed by atoms with Gasteiger partial charge in [-0.2, -0.15) is 13.2 Å². The Morgan fingerprint density at radius 2 is 1.67 bits per heavy atom. The number of aromatic hydroxyl groups is 1. The van der Waals surface area contributed by atoms with Crippen LogP contribution in [0.5, 0.6) is 5.75 Å². The van der Waals surface area contributed by atoms with Gasteiger partial charge in [0.2, 0.25) is 5.82 Å². The first-order valence-electron chi connectivity index (χ1n) is 4.82. The Labute approximate surface area is 99.3 Å². The second-order valence-corrected chi connectivity index (χ2v) is 3.50. The number of phenols is 1. The zero-order valence-electron chi connectivity index (χ0n) is 9.10. The van der Waals surface area contributed by atoms with Crippen LogP contribution in [-0.2, 0) is 6.18 Å². The first kappa shape index (κ1) is 12.2. The molecule has 0 saturated carbocycles. The summed E-state index contributed by atoms with van der Waals surface area (Å²) in [5.41, 5.74) is -1.07. The summed E-state index contributed by atoms with van der Waals surface area (Å²) in [4.78, 5) is 0. The number of rotatable bonds is 1. The molecule has 0 spiro atoms. The van der Waals surface area contributed by atoms with Crippen molar-refractivity contribution in [2.75, 3.05) is 0 Å². The van der Waals surface area contributed by atoms with Crippen LogP contribution in [0.2, 0.25) is 0 Å². The Bertz CT molecular complexity index is 568. The van der Waals surface area contributed by atoms with Gasteiger partial charge in [0.05, 0.1) is 11.1 Å². The highest BCUT2D eigenvalue weighted by atomic mass is 19.4. The van der Waals surface area contributed by atoms with Crippen LogP contribution in [0.15, 0.2) is 18.2 Å². The lowest BCUT2D eigenvalue weighted by molar-refractivity contribution is -0.137. The fraction of sp³-hybridized carbons (Fsp3) is 0.200. The predicted molar refractivity (Wildman–Crippen MR) is 54.5 cm³/mol. The Morgan fingerprint density at radius 3 is 2.22 bits per heavy atom. The Morgan fingerprint density at radius 1 is 1.06 bits per heavy atom. The summed E-state index contributed by atoms with van der Waals surface area (Å²) in [6.45, 7) is 1.54. The van der Waals surface area contributed by atoms with Crippen molar-refractivity contribution in [3.63, 3.8) is 0 Å². The summed E-state index contributed by atoms with van der Waals surface area (Å²) in [5.74, 6) is -0.245. The molecule has 1 aromatic carbocycles. The van der Waals surface area contributed by atoms with Gasteiger partial charge >= 0.3 is 6.18 Å². The standard InChI is InChI=1S/C10H7F3N4O/c1-5-14-16-9(17-15-5)7-4-6(10(11,12)13)2-3-8(7)18/h2-4,18H,1H3. The van der Waals surface area contributed by atoms with Crippen molar-refractivity contribution in [3.05, 3.63) is 29.6 Å². The number of hydrogen-bond acceptors (Lipinski definition) is 5. The predicted octanol–water partition coefficient (Wildman–Crippen LogP) is 1.97. The highest BCUT2D eigenvalue weighted by Gasteiger charge is 2.31. The molecule has 0 aliphatic carbocycles. The fourth-order valence-corrected chi connectivity index (χ4v) is 1.28. The molecule has 0 atom stereocenters. The monoisotopic (exact) mass is 256 g/mol. The van der Waals surface area contributed by atoms with Gasteiger partial charge in [-0.1, -0.05) is 0 Å². The molecule has 2 aromatic rings. The van der Waals surface area contributed by atoms with E-state index in [-0.39, 0.29) is 23.0 Å². The fourth-order valence-electron chi connectivity index (χ4n) is 1.28. The Hall–Kier alpha value is -2.25. The van der Waals surface area contributed by atoms with Crippen LogP contribution in [0.25, 0.3) is 11.4 Å². The number of nitrogens with zero attached hydrogens (tertiary/aromatic N) is 4. The van der Waals surface area contributed by atoms with Crippen LogP contribution in [0.1, 0.15) is 11.4 Å². The molecule has 0 unspecified atom stereocenters. The second-order valence-electron chi connectivity index (χ2n) is 3.50. The average molecular weight is 256 g/mol. The van der Waals surface area contributed by atoms with E-state index in [0.717, 1.165) is 18.2 Å². The number of aryl methyl sites for hydroxylation is 1. The van der Waals surface area contributed by atoms with Crippen LogP contribution in [0.4, 0.5) is 13.2 Å². The smallest absolute Gasteiger partial charge is 0.416 e. The van der Waals surface area contributed by atoms with E-state index in [1.807, 2.05) is 0 Å². The number of alkyl halides is 3. The zero-order valence-corrected chi connectivity index (χ0v) is 9.10. The van der Waals surface area contributed by atoms with Gasteiger partial charge in [-0.25, -0.2) is 0 Å². The van der Waals surface area contributed by atoms with Crippen molar-refractivity contribution >= 4 is 0 Å². The van der Waals surface area contributed by atoms with Crippen molar-refractivity contribution < 1.29 is 18.3 Å². The molecule has 18 heavy (non-hydrogen) atoms. The minimum atomic E-state index is -4.51. The van der Waals surface area contributed by atoms with Gasteiger partial charge in [0.25, 0.3) is 0 Å². The third kappa shape index (κ3) is 2.36. The van der Waals surface area contributed by atoms with E-state index in [1.54, 1.807) is 0 Å². The number of phenolic OH excluding ortho intramolecular Hbond substituents is 1. The summed E-state index contributed by atoms with van der Waals surface area (Å²) in [6, 6.07) is 2.46. The lowest BCUT2D eigenvalue weighted by Gasteiger charge is -2.09. The molecule has 0 fully saturated rings. The van der Waals surface area contributed by atoms with Gasteiger partial charge < -0.3 is 5.11 Å². The van der Waals surface area contributed by atoms with E-state index >= 15 is 0 Å². The molecule has 0 aliphatic rings. The molecule has 0 radical (unpaired) electrons. The first-order valence-corrected chi connectivity index (χ1v) is 4.82. The third-order valence-electron chi connectivity index (χ3n) is 2.14. The minimum Gasteiger partial charge on any atom is -0.507 e. The molecule has 8 heteroatoms. The quantitative estimate of drug-likeness (QED) is 0.844. The van der Waals surface area contributed by atoms with Crippen LogP contribution in [0.3, 0.4) is 0 Å². The maximum atomic E-state index is 12.5. The molecule has 0 saturated heterocycles. The number of aromatic nitrogens is 4. The number of benzene rings is 1. The van der Waals surface area contributed by atoms with E-state index in [0.29, 0.717) is 0 Å². The number of hydrogen-bond donors (Lipinski definition) is 1. The first-order chi connectivity index (χ1) is 8.38. The summed E-state index contributed by atoms with van der Waals surface area (Å²) in [6.07, 6.45) is -4.51. The highest BCUT2D eigenvalue weighted by Crippen LogP contribution is 2.35. The number of halogens is 3. The second kappa shape index (κ2) is 4.21. The van der Waals surface area contributed by atoms with Crippen molar-refractivity contribution in [2.24, 2.45) is 0 Å². The van der Waals surface area contributed by atoms with E-state index in [4.69, 9.17) is 0 Å². The van der Waals surface area contributed by atoms with Gasteiger partial charge in [0.15, 0.2) is 5.82 Å². The molecule has 2 rings (SSSR count). The van der Waals surface area contributed by atoms with E-state index in [2.05, 4.69) is 20.4 Å². The third-order valence-corrected chi connectivity index (χ3v) is 2.14. The van der Waals surface area contributed by atoms with Crippen molar-refractivity contribution in [1.82, 2.24) is 20.4 Å². The molecule has 1 aromatic heterocycles. The molecule has 0 amide bonds. The average Bonchev–Trinajstić information content (AvgIpc) is 2.29. The van der Waals surface area contributed by atoms with Gasteiger partial charge in [0.1, 0.15) is 5.75 Å². The normalized spacial score (nSPS) is 11.6. The molecular weight excluding hydrogens is 249 g/mol. The molecule has 0 aliphatic heterocycles. The zero-order chi connectivity index (χ0) is 13.3. The Balaban J connectivity index is 2.53. The van der Waals surface area contributed by atoms with Crippen molar-refractivity contribution in [2.45, 2.75) is 13.1 Å². The van der Waals surface area contributed by atoms with E-state index in [9.17, 15) is 18.3 Å². The molecular formula is C10H7F3N4O. The maximum absolute atomic E-state index is 12.5. The highest BCUT2D eigenvalue weighted by molar-refractivity contribution is 5.64. The largest absolute Gasteiger partial charge is 0.507 e. The van der Waals surface area contributed by atoms with Gasteiger partial charge in [0, 0.05) is 0 Å². The van der Waals surface area contributed by atoms with Crippen molar-refractivity contribution in [1.29, 1.82) is 0 Å². The molecule has 5 nitrogen and oxygen atoms in total. The van der Waals surface area contributed by atoms with Crippen LogP contribution >= 0.6 is 0 Å². The SMILES string of the molecule is Cc1nnc(-c2cc(C(F)(F)F)ccc2O)nn1. The van der Waals surface area contributed by atoms with Gasteiger partial charge in [-0.05, 0) is 25.1 Å². The summed E-state index contributed by atoms with van der Waals surface area (Å²) in [5, 5.41) is 23.8. The summed E-state index contributed by atoms with van der Waals surface area (Å²) < 4.78 is 37.6. The molecule has 0 bridgehead atoms. The van der Waals surface area contributed by atoms with Crippen molar-refractivity contribution in [3.8, 4) is 17.1 Å².